The van der Waals surface area contributed by atoms with Gasteiger partial charge in [-0.2, -0.15) is 0 Å². The van der Waals surface area contributed by atoms with Crippen molar-refractivity contribution in [3.8, 4) is 0 Å². The topological polar surface area (TPSA) is 23.5 Å². The van der Waals surface area contributed by atoms with Crippen LogP contribution in [0.5, 0.6) is 0 Å². The van der Waals surface area contributed by atoms with E-state index in [4.69, 9.17) is 0 Å². The zero-order chi connectivity index (χ0) is 14.7. The van der Waals surface area contributed by atoms with Gasteiger partial charge in [-0.3, -0.25) is 4.90 Å². The molecule has 0 bridgehead atoms. The minimum atomic E-state index is -0.396. The molecular formula is C19H23NO. The average molecular weight is 281 g/mol. The van der Waals surface area contributed by atoms with Gasteiger partial charge in [0.15, 0.2) is 0 Å². The van der Waals surface area contributed by atoms with Crippen molar-refractivity contribution < 1.29 is 5.11 Å². The molecule has 0 saturated heterocycles. The van der Waals surface area contributed by atoms with Crippen LogP contribution in [-0.4, -0.2) is 29.6 Å². The summed E-state index contributed by atoms with van der Waals surface area (Å²) in [6, 6.07) is 16.9. The fourth-order valence-electron chi connectivity index (χ4n) is 3.04. The third-order valence-corrected chi connectivity index (χ3v) is 4.41. The fraction of sp³-hybridized carbons (Fsp3) is 0.368. The number of hydrogen-bond acceptors (Lipinski definition) is 2. The first-order valence-corrected chi connectivity index (χ1v) is 7.76. The summed E-state index contributed by atoms with van der Waals surface area (Å²) in [5, 5.41) is 10.4. The van der Waals surface area contributed by atoms with Crippen LogP contribution >= 0.6 is 0 Å². The van der Waals surface area contributed by atoms with E-state index in [-0.39, 0.29) is 0 Å². The highest BCUT2D eigenvalue weighted by molar-refractivity contribution is 5.29. The monoisotopic (exact) mass is 281 g/mol. The van der Waals surface area contributed by atoms with Crippen molar-refractivity contribution in [3.63, 3.8) is 0 Å². The van der Waals surface area contributed by atoms with E-state index in [1.807, 2.05) is 12.1 Å². The Labute approximate surface area is 127 Å². The molecule has 3 rings (SSSR count). The Balaban J connectivity index is 1.63. The van der Waals surface area contributed by atoms with Crippen LogP contribution in [0.25, 0.3) is 0 Å². The maximum atomic E-state index is 10.4. The molecule has 0 spiro atoms. The summed E-state index contributed by atoms with van der Waals surface area (Å²) >= 11 is 0. The number of hydrogen-bond donors (Lipinski definition) is 1. The molecule has 1 aliphatic rings. The van der Waals surface area contributed by atoms with Crippen LogP contribution in [0.1, 0.15) is 28.4 Å². The number of nitrogens with zero attached hydrogens (tertiary/aromatic N) is 1. The summed E-state index contributed by atoms with van der Waals surface area (Å²) in [5.74, 6) is 0. The van der Waals surface area contributed by atoms with Crippen LogP contribution in [0, 0.1) is 6.92 Å². The van der Waals surface area contributed by atoms with Gasteiger partial charge in [0.2, 0.25) is 0 Å². The Hall–Kier alpha value is -1.64. The van der Waals surface area contributed by atoms with E-state index in [1.165, 1.54) is 16.7 Å². The molecule has 0 fully saturated rings. The van der Waals surface area contributed by atoms with E-state index in [9.17, 15) is 5.11 Å². The normalized spacial score (nSPS) is 17.0. The Bertz CT molecular complexity index is 564. The lowest BCUT2D eigenvalue weighted by Gasteiger charge is -2.23. The van der Waals surface area contributed by atoms with E-state index in [2.05, 4.69) is 48.2 Å². The maximum absolute atomic E-state index is 10.4. The van der Waals surface area contributed by atoms with Gasteiger partial charge in [-0.05, 0) is 36.5 Å². The Kier molecular flexibility index (Phi) is 4.37. The van der Waals surface area contributed by atoms with Gasteiger partial charge in [0, 0.05) is 19.6 Å². The third-order valence-electron chi connectivity index (χ3n) is 4.41. The van der Waals surface area contributed by atoms with Crippen LogP contribution in [0.4, 0.5) is 0 Å². The van der Waals surface area contributed by atoms with E-state index < -0.39 is 6.10 Å². The number of benzene rings is 2. The van der Waals surface area contributed by atoms with Gasteiger partial charge in [-0.25, -0.2) is 0 Å². The summed E-state index contributed by atoms with van der Waals surface area (Å²) < 4.78 is 0. The van der Waals surface area contributed by atoms with Crippen molar-refractivity contribution in [2.45, 2.75) is 25.9 Å². The van der Waals surface area contributed by atoms with Gasteiger partial charge < -0.3 is 5.11 Å². The number of aliphatic hydroxyl groups is 1. The van der Waals surface area contributed by atoms with Gasteiger partial charge in [0.05, 0.1) is 6.10 Å². The molecule has 1 unspecified atom stereocenters. The number of β-amino-alcohol motifs (C(OH)–C–C–N with tert-alkyl or cyclic N) is 1. The predicted molar refractivity (Wildman–Crippen MR) is 86.4 cm³/mol. The average Bonchev–Trinajstić information content (AvgIpc) is 2.71. The summed E-state index contributed by atoms with van der Waals surface area (Å²) in [6.45, 7) is 4.85. The largest absolute Gasteiger partial charge is 0.387 e. The lowest BCUT2D eigenvalue weighted by molar-refractivity contribution is 0.115. The molecule has 0 aromatic heterocycles. The number of rotatable bonds is 3. The molecule has 0 amide bonds. The summed E-state index contributed by atoms with van der Waals surface area (Å²) in [5.41, 5.74) is 5.17. The van der Waals surface area contributed by atoms with Crippen molar-refractivity contribution in [1.82, 2.24) is 4.90 Å². The minimum absolute atomic E-state index is 0.396. The highest BCUT2D eigenvalue weighted by atomic mass is 16.3. The first-order chi connectivity index (χ1) is 10.2. The smallest absolute Gasteiger partial charge is 0.0916 e. The summed E-state index contributed by atoms with van der Waals surface area (Å²) in [6.07, 6.45) is 1.76. The van der Waals surface area contributed by atoms with Crippen molar-refractivity contribution >= 4 is 0 Å². The number of aliphatic hydroxyl groups excluding tert-OH is 1. The second-order valence-corrected chi connectivity index (χ2v) is 6.00. The highest BCUT2D eigenvalue weighted by Crippen LogP contribution is 2.19. The Morgan fingerprint density at radius 3 is 2.10 bits per heavy atom. The fourth-order valence-corrected chi connectivity index (χ4v) is 3.04. The third kappa shape index (κ3) is 3.52. The van der Waals surface area contributed by atoms with E-state index in [0.29, 0.717) is 0 Å². The quantitative estimate of drug-likeness (QED) is 0.934. The second kappa shape index (κ2) is 6.42. The van der Waals surface area contributed by atoms with Crippen LogP contribution < -0.4 is 0 Å². The van der Waals surface area contributed by atoms with Gasteiger partial charge in [0.1, 0.15) is 0 Å². The van der Waals surface area contributed by atoms with E-state index in [0.717, 1.165) is 38.0 Å². The first kappa shape index (κ1) is 14.3. The molecule has 1 atom stereocenters. The second-order valence-electron chi connectivity index (χ2n) is 6.00. The molecule has 1 aliphatic heterocycles. The van der Waals surface area contributed by atoms with Crippen LogP contribution in [0.15, 0.2) is 48.5 Å². The van der Waals surface area contributed by atoms with Gasteiger partial charge in [0.25, 0.3) is 0 Å². The molecule has 1 N–H and O–H groups in total. The SMILES string of the molecule is Cc1ccc(C(O)CN2CCc3ccccc3CC2)cc1. The molecule has 0 aliphatic carbocycles. The van der Waals surface area contributed by atoms with Crippen LogP contribution in [-0.2, 0) is 12.8 Å². The maximum Gasteiger partial charge on any atom is 0.0916 e. The lowest BCUT2D eigenvalue weighted by Crippen LogP contribution is -2.31. The molecule has 2 nitrogen and oxygen atoms in total. The molecule has 21 heavy (non-hydrogen) atoms. The van der Waals surface area contributed by atoms with Gasteiger partial charge in [-0.1, -0.05) is 54.1 Å². The summed E-state index contributed by atoms with van der Waals surface area (Å²) in [7, 11) is 0. The zero-order valence-electron chi connectivity index (χ0n) is 12.6. The van der Waals surface area contributed by atoms with Crippen LogP contribution in [0.3, 0.4) is 0 Å². The standard InChI is InChI=1S/C19H23NO/c1-15-6-8-18(9-7-15)19(21)14-20-12-10-16-4-2-3-5-17(16)11-13-20/h2-9,19,21H,10-14H2,1H3. The molecule has 2 heteroatoms. The number of aryl methyl sites for hydroxylation is 1. The molecule has 0 saturated carbocycles. The molecule has 1 heterocycles. The first-order valence-electron chi connectivity index (χ1n) is 7.76. The predicted octanol–water partition coefficient (Wildman–Crippen LogP) is 3.13. The van der Waals surface area contributed by atoms with Crippen LogP contribution in [0.2, 0.25) is 0 Å². The summed E-state index contributed by atoms with van der Waals surface area (Å²) in [4.78, 5) is 2.38. The molecule has 2 aromatic rings. The lowest BCUT2D eigenvalue weighted by atomic mass is 10.0. The van der Waals surface area contributed by atoms with Crippen molar-refractivity contribution in [2.24, 2.45) is 0 Å². The van der Waals surface area contributed by atoms with E-state index in [1.54, 1.807) is 0 Å². The molecule has 0 radical (unpaired) electrons. The Morgan fingerprint density at radius 2 is 1.52 bits per heavy atom. The zero-order valence-corrected chi connectivity index (χ0v) is 12.6. The van der Waals surface area contributed by atoms with Gasteiger partial charge >= 0.3 is 0 Å². The molecular weight excluding hydrogens is 258 g/mol. The van der Waals surface area contributed by atoms with Crippen molar-refractivity contribution in [3.05, 3.63) is 70.8 Å². The minimum Gasteiger partial charge on any atom is -0.387 e. The molecule has 110 valence electrons. The van der Waals surface area contributed by atoms with Crippen molar-refractivity contribution in [1.29, 1.82) is 0 Å². The highest BCUT2D eigenvalue weighted by Gasteiger charge is 2.17. The van der Waals surface area contributed by atoms with Gasteiger partial charge in [-0.15, -0.1) is 0 Å². The van der Waals surface area contributed by atoms with Crippen molar-refractivity contribution in [2.75, 3.05) is 19.6 Å². The number of fused-ring (bicyclic) bond motifs is 1. The van der Waals surface area contributed by atoms with E-state index >= 15 is 0 Å². The molecule has 2 aromatic carbocycles. The Morgan fingerprint density at radius 1 is 0.952 bits per heavy atom.